The number of nitrogens with one attached hydrogen (secondary N) is 2. The minimum Gasteiger partial charge on any atom is -0.392 e. The third-order valence-corrected chi connectivity index (χ3v) is 17.0. The number of unbranched alkanes of at least 4 members (excludes halogenated alkanes) is 1. The highest BCUT2D eigenvalue weighted by Gasteiger charge is 2.43. The second-order valence-electron chi connectivity index (χ2n) is 26.7. The van der Waals surface area contributed by atoms with E-state index in [2.05, 4.69) is 10.6 Å². The van der Waals surface area contributed by atoms with Crippen molar-refractivity contribution in [2.75, 3.05) is 41.3 Å². The van der Waals surface area contributed by atoms with Gasteiger partial charge in [0, 0.05) is 91.1 Å². The van der Waals surface area contributed by atoms with Crippen LogP contribution in [0.2, 0.25) is 0 Å². The summed E-state index contributed by atoms with van der Waals surface area (Å²) in [6, 6.07) is -6.63. The van der Waals surface area contributed by atoms with E-state index in [9.17, 15) is 57.8 Å². The molecule has 492 valence electrons. The van der Waals surface area contributed by atoms with Crippen LogP contribution in [0.5, 0.6) is 0 Å². The van der Waals surface area contributed by atoms with E-state index in [-0.39, 0.29) is 82.1 Å². The van der Waals surface area contributed by atoms with E-state index in [1.807, 2.05) is 54.5 Å². The third kappa shape index (κ3) is 24.4. The van der Waals surface area contributed by atoms with Gasteiger partial charge in [0.25, 0.3) is 0 Å². The molecule has 0 saturated carbocycles. The molecule has 0 spiro atoms. The lowest BCUT2D eigenvalue weighted by atomic mass is 9.82. The Morgan fingerprint density at radius 1 is 0.581 bits per heavy atom. The zero-order valence-electron chi connectivity index (χ0n) is 56.4. The van der Waals surface area contributed by atoms with Crippen molar-refractivity contribution < 1.29 is 62.6 Å². The summed E-state index contributed by atoms with van der Waals surface area (Å²) in [6.45, 7) is 29.1. The van der Waals surface area contributed by atoms with Gasteiger partial charge in [0.1, 0.15) is 12.1 Å². The summed E-state index contributed by atoms with van der Waals surface area (Å²) in [4.78, 5) is 165. The normalized spacial score (nSPS) is 27.1. The van der Waals surface area contributed by atoms with Gasteiger partial charge in [0.05, 0.1) is 42.3 Å². The van der Waals surface area contributed by atoms with Crippen LogP contribution in [0, 0.1) is 59.2 Å². The zero-order valence-corrected chi connectivity index (χ0v) is 56.4. The number of ketones is 5. The van der Waals surface area contributed by atoms with Gasteiger partial charge in [0.15, 0.2) is 28.9 Å². The fourth-order valence-electron chi connectivity index (χ4n) is 11.8. The topological polar surface area (TPSA) is 280 Å². The molecule has 5 N–H and O–H groups in total. The van der Waals surface area contributed by atoms with Crippen LogP contribution in [0.1, 0.15) is 194 Å². The molecule has 0 aromatic carbocycles. The Morgan fingerprint density at radius 2 is 1.10 bits per heavy atom. The van der Waals surface area contributed by atoms with Crippen molar-refractivity contribution in [1.29, 1.82) is 0 Å². The molecule has 1 heterocycles. The number of Topliss-reactive ketones (excluding diaryl/α,β-unsaturated/α-hetero) is 5. The third-order valence-electron chi connectivity index (χ3n) is 17.0. The van der Waals surface area contributed by atoms with Crippen molar-refractivity contribution in [2.24, 2.45) is 64.9 Å². The van der Waals surface area contributed by atoms with Crippen LogP contribution in [0.15, 0.2) is 12.2 Å². The average molecular weight is 1210 g/mol. The lowest BCUT2D eigenvalue weighted by Crippen LogP contribution is -2.53. The quantitative estimate of drug-likeness (QED) is 0.0754. The summed E-state index contributed by atoms with van der Waals surface area (Å²) in [5.41, 5.74) is 5.74. The Hall–Kier alpha value is -5.21. The summed E-state index contributed by atoms with van der Waals surface area (Å²) in [7, 11) is 5.91. The predicted molar refractivity (Wildman–Crippen MR) is 335 cm³/mol. The van der Waals surface area contributed by atoms with Crippen LogP contribution < -0.4 is 16.4 Å². The SMILES string of the molecule is C/C=C/C[C@@H](C)[C@@H](O)[C@@H]1CC(=O)[C@H](C(C)C)N(C)C(=O)[C@H](CC(C)C)CC(=O)[C@H](CC(C)C)N(C)C(=O)[C@@H](C)NC(=O)[C@H](C)CC(=O)[C@H](CC(C)C)N(C)C(=O)[C@H](C(C)C)CC(=O)[C@H]([C@@H](C)OCCCCN)N(C)C(=O)CCC(=O)[C@H](CC)NC1=O. The number of aliphatic hydroxyl groups excluding tert-OH is 1. The Morgan fingerprint density at radius 3 is 1.60 bits per heavy atom. The Balaban J connectivity index is 4.22. The molecule has 20 nitrogen and oxygen atoms in total. The lowest BCUT2D eigenvalue weighted by molar-refractivity contribution is -0.148. The fourth-order valence-corrected chi connectivity index (χ4v) is 11.8. The molecular weight excluding hydrogens is 1100 g/mol. The van der Waals surface area contributed by atoms with Crippen molar-refractivity contribution in [2.45, 2.75) is 243 Å². The molecule has 1 saturated heterocycles. The lowest BCUT2D eigenvalue weighted by Gasteiger charge is -2.36. The molecule has 1 rings (SSSR count). The van der Waals surface area contributed by atoms with Crippen molar-refractivity contribution in [3.63, 3.8) is 0 Å². The number of rotatable bonds is 19. The highest BCUT2D eigenvalue weighted by Crippen LogP contribution is 2.30. The number of hydrogen-bond acceptors (Lipinski definition) is 14. The van der Waals surface area contributed by atoms with Gasteiger partial charge in [0.2, 0.25) is 35.4 Å². The molecule has 0 aromatic heterocycles. The summed E-state index contributed by atoms with van der Waals surface area (Å²) in [5, 5.41) is 17.5. The molecule has 0 radical (unpaired) electrons. The molecule has 0 bridgehead atoms. The van der Waals surface area contributed by atoms with Crippen LogP contribution in [0.3, 0.4) is 0 Å². The number of amides is 6. The first-order chi connectivity index (χ1) is 40.0. The van der Waals surface area contributed by atoms with Crippen LogP contribution in [-0.4, -0.2) is 179 Å². The van der Waals surface area contributed by atoms with E-state index in [4.69, 9.17) is 10.5 Å². The van der Waals surface area contributed by atoms with E-state index in [1.54, 1.807) is 61.5 Å². The second kappa shape index (κ2) is 38.3. The number of ether oxygens (including phenoxy) is 1. The number of nitrogens with two attached hydrogens (primary N) is 1. The molecule has 13 atom stereocenters. The predicted octanol–water partition coefficient (Wildman–Crippen LogP) is 6.94. The standard InChI is InChI=1S/C66H115N7O13/c1-21-23-26-43(13)61(80)49-37-56(77)59(42(11)12)73(20)65(84)47(31-38(3)4)35-55(76)52(33-40(7)8)70(17)64(83)45(15)68-62(81)44(14)34-54(75)51(32-39(5)6)71(18)66(85)48(41(9)10)36-57(78)60(46(16)86-30-25-24-29-67)72(19)58(79)28-27-53(74)50(22-2)69-63(49)82/h21,23,38-52,59-61,80H,22,24-37,67H2,1-20H3,(H,68,81)(H,69,82)/b23-21+/t43-,44-,45-,46-,47-,48+,49+,50+,51+,52+,59+,60+,61-/m1/s1. The first-order valence-corrected chi connectivity index (χ1v) is 31.9. The Bertz CT molecular complexity index is 2280. The van der Waals surface area contributed by atoms with Crippen LogP contribution in [0.4, 0.5) is 0 Å². The van der Waals surface area contributed by atoms with E-state index < -0.39 is 161 Å². The summed E-state index contributed by atoms with van der Waals surface area (Å²) in [5.74, 6) is -11.8. The molecule has 0 unspecified atom stereocenters. The van der Waals surface area contributed by atoms with Gasteiger partial charge in [-0.05, 0) is 108 Å². The van der Waals surface area contributed by atoms with Gasteiger partial charge in [-0.1, -0.05) is 102 Å². The van der Waals surface area contributed by atoms with Crippen LogP contribution >= 0.6 is 0 Å². The number of nitrogens with zero attached hydrogens (tertiary/aromatic N) is 4. The largest absolute Gasteiger partial charge is 0.392 e. The van der Waals surface area contributed by atoms with Crippen molar-refractivity contribution in [3.05, 3.63) is 12.2 Å². The summed E-state index contributed by atoms with van der Waals surface area (Å²) in [6.07, 6.45) is 1.63. The maximum atomic E-state index is 14.9. The van der Waals surface area contributed by atoms with E-state index >= 15 is 0 Å². The maximum Gasteiger partial charge on any atom is 0.245 e. The van der Waals surface area contributed by atoms with Gasteiger partial charge >= 0.3 is 0 Å². The molecule has 1 aliphatic heterocycles. The second-order valence-corrected chi connectivity index (χ2v) is 26.7. The van der Waals surface area contributed by atoms with Gasteiger partial charge in [-0.15, -0.1) is 0 Å². The molecule has 1 aliphatic rings. The van der Waals surface area contributed by atoms with Gasteiger partial charge in [-0.25, -0.2) is 0 Å². The average Bonchev–Trinajstić information content (AvgIpc) is 1.52. The van der Waals surface area contributed by atoms with Crippen LogP contribution in [0.25, 0.3) is 0 Å². The number of likely N-dealkylation sites (N-methyl/N-ethyl adjacent to an activating group) is 4. The summed E-state index contributed by atoms with van der Waals surface area (Å²) < 4.78 is 6.15. The molecule has 0 aromatic rings. The minimum atomic E-state index is -1.38. The number of carbonyl (C=O) groups is 11. The van der Waals surface area contributed by atoms with Gasteiger partial charge in [-0.3, -0.25) is 52.7 Å². The molecule has 86 heavy (non-hydrogen) atoms. The zero-order chi connectivity index (χ0) is 66.2. The maximum absolute atomic E-state index is 14.9. The smallest absolute Gasteiger partial charge is 0.245 e. The number of aliphatic hydroxyl groups is 1. The van der Waals surface area contributed by atoms with Gasteiger partial charge in [-0.2, -0.15) is 0 Å². The first-order valence-electron chi connectivity index (χ1n) is 31.9. The minimum absolute atomic E-state index is 0.0804. The van der Waals surface area contributed by atoms with Crippen molar-refractivity contribution >= 4 is 64.4 Å². The van der Waals surface area contributed by atoms with E-state index in [0.29, 0.717) is 25.8 Å². The van der Waals surface area contributed by atoms with Crippen LogP contribution in [-0.2, 0) is 57.5 Å². The molecule has 1 fully saturated rings. The monoisotopic (exact) mass is 1210 g/mol. The summed E-state index contributed by atoms with van der Waals surface area (Å²) >= 11 is 0. The number of allylic oxidation sites excluding steroid dienone is 2. The first kappa shape index (κ1) is 78.8. The molecule has 0 aliphatic carbocycles. The fraction of sp³-hybridized carbons (Fsp3) is 0.803. The number of carbonyl (C=O) groups excluding carboxylic acids is 11. The molecular formula is C66H115N7O13. The molecule has 6 amide bonds. The highest BCUT2D eigenvalue weighted by molar-refractivity contribution is 5.99. The number of hydrogen-bond donors (Lipinski definition) is 4. The van der Waals surface area contributed by atoms with Crippen molar-refractivity contribution in [1.82, 2.24) is 30.2 Å². The highest BCUT2D eigenvalue weighted by atomic mass is 16.5. The van der Waals surface area contributed by atoms with Gasteiger partial charge < -0.3 is 45.8 Å². The Labute approximate surface area is 516 Å². The molecule has 20 heteroatoms. The Kier molecular flexibility index (Phi) is 35.1. The van der Waals surface area contributed by atoms with E-state index in [1.165, 1.54) is 54.7 Å². The van der Waals surface area contributed by atoms with Crippen molar-refractivity contribution in [3.8, 4) is 0 Å². The van der Waals surface area contributed by atoms with E-state index in [0.717, 1.165) is 0 Å².